The summed E-state index contributed by atoms with van der Waals surface area (Å²) in [7, 11) is 0. The topological polar surface area (TPSA) is 97.4 Å². The van der Waals surface area contributed by atoms with Crippen molar-refractivity contribution < 1.29 is 19.1 Å². The number of carbonyl (C=O) groups is 3. The van der Waals surface area contributed by atoms with E-state index < -0.39 is 11.8 Å². The molecule has 4 aromatic rings. The molecule has 0 unspecified atom stereocenters. The largest absolute Gasteiger partial charge is 0.494 e. The van der Waals surface area contributed by atoms with E-state index in [0.717, 1.165) is 10.6 Å². The van der Waals surface area contributed by atoms with Gasteiger partial charge in [0.05, 0.1) is 12.4 Å². The van der Waals surface area contributed by atoms with Gasteiger partial charge in [-0.25, -0.2) is 0 Å². The molecular weight excluding hydrogens is 510 g/mol. The minimum Gasteiger partial charge on any atom is -0.494 e. The molecule has 1 heterocycles. The number of pyridine rings is 1. The first-order chi connectivity index (χ1) is 19.0. The smallest absolute Gasteiger partial charge is 0.272 e. The summed E-state index contributed by atoms with van der Waals surface area (Å²) in [6.07, 6.45) is 4.79. The van der Waals surface area contributed by atoms with Crippen molar-refractivity contribution >= 4 is 41.1 Å². The Balaban J connectivity index is 1.44. The van der Waals surface area contributed by atoms with Crippen LogP contribution in [-0.4, -0.2) is 34.9 Å². The molecule has 2 N–H and O–H groups in total. The molecule has 7 nitrogen and oxygen atoms in total. The third-order valence-corrected chi connectivity index (χ3v) is 6.47. The molecule has 0 aliphatic rings. The van der Waals surface area contributed by atoms with Crippen molar-refractivity contribution in [2.24, 2.45) is 0 Å². The van der Waals surface area contributed by atoms with Crippen LogP contribution in [0.2, 0.25) is 0 Å². The van der Waals surface area contributed by atoms with Crippen molar-refractivity contribution in [3.63, 3.8) is 0 Å². The van der Waals surface area contributed by atoms with Gasteiger partial charge in [-0.1, -0.05) is 30.3 Å². The second-order valence-electron chi connectivity index (χ2n) is 8.32. The Morgan fingerprint density at radius 3 is 2.41 bits per heavy atom. The molecule has 8 heteroatoms. The van der Waals surface area contributed by atoms with Crippen molar-refractivity contribution in [1.82, 2.24) is 10.3 Å². The highest BCUT2D eigenvalue weighted by Gasteiger charge is 2.15. The number of Topliss-reactive ketones (excluding diaryl/α,β-unsaturated/α-hetero) is 1. The number of amides is 2. The van der Waals surface area contributed by atoms with Crippen molar-refractivity contribution in [3.8, 4) is 5.75 Å². The van der Waals surface area contributed by atoms with Crippen molar-refractivity contribution in [3.05, 3.63) is 126 Å². The number of benzene rings is 3. The maximum Gasteiger partial charge on any atom is 0.272 e. The predicted molar refractivity (Wildman–Crippen MR) is 154 cm³/mol. The number of nitrogens with zero attached hydrogens (tertiary/aromatic N) is 1. The second-order valence-corrected chi connectivity index (χ2v) is 9.36. The average Bonchev–Trinajstić information content (AvgIpc) is 2.97. The lowest BCUT2D eigenvalue weighted by molar-refractivity contribution is -0.113. The number of anilines is 1. The van der Waals surface area contributed by atoms with Gasteiger partial charge in [-0.15, -0.1) is 11.8 Å². The first-order valence-corrected chi connectivity index (χ1v) is 13.3. The zero-order chi connectivity index (χ0) is 27.5. The lowest BCUT2D eigenvalue weighted by atomic mass is 10.1. The van der Waals surface area contributed by atoms with Crippen LogP contribution in [-0.2, 0) is 4.79 Å². The quantitative estimate of drug-likeness (QED) is 0.141. The molecule has 2 amide bonds. The highest BCUT2D eigenvalue weighted by molar-refractivity contribution is 8.00. The maximum absolute atomic E-state index is 13.2. The number of ketones is 1. The zero-order valence-corrected chi connectivity index (χ0v) is 22.1. The van der Waals surface area contributed by atoms with Crippen LogP contribution in [0.1, 0.15) is 33.2 Å². The van der Waals surface area contributed by atoms with Gasteiger partial charge in [0.25, 0.3) is 11.8 Å². The molecule has 196 valence electrons. The van der Waals surface area contributed by atoms with Gasteiger partial charge in [-0.2, -0.15) is 0 Å². The van der Waals surface area contributed by atoms with E-state index in [-0.39, 0.29) is 17.2 Å². The number of nitrogens with one attached hydrogen (secondary N) is 2. The Labute approximate surface area is 231 Å². The van der Waals surface area contributed by atoms with Crippen LogP contribution < -0.4 is 15.4 Å². The van der Waals surface area contributed by atoms with E-state index in [1.807, 2.05) is 19.1 Å². The number of ether oxygens (including phenoxy) is 1. The van der Waals surface area contributed by atoms with Gasteiger partial charge in [-0.05, 0) is 79.2 Å². The summed E-state index contributed by atoms with van der Waals surface area (Å²) in [5.74, 6) is 0.0589. The molecule has 0 aliphatic carbocycles. The standard InChI is InChI=1S/C31H27N3O4S/c1-2-38-26-15-13-23(14-16-26)29(35)21-39-27-12-6-11-25(19-27)33-31(37)28(18-22-8-7-17-32-20-22)34-30(36)24-9-4-3-5-10-24/h3-20H,2,21H2,1H3,(H,33,37)(H,34,36)/b28-18-. The maximum atomic E-state index is 13.2. The first-order valence-electron chi connectivity index (χ1n) is 12.3. The van der Waals surface area contributed by atoms with Crippen LogP contribution >= 0.6 is 11.8 Å². The molecule has 0 spiro atoms. The highest BCUT2D eigenvalue weighted by Crippen LogP contribution is 2.24. The van der Waals surface area contributed by atoms with Gasteiger partial charge in [0, 0.05) is 34.1 Å². The molecule has 0 fully saturated rings. The van der Waals surface area contributed by atoms with Gasteiger partial charge in [0.1, 0.15) is 11.4 Å². The Hall–Kier alpha value is -4.69. The Morgan fingerprint density at radius 2 is 1.69 bits per heavy atom. The molecule has 0 saturated heterocycles. The number of rotatable bonds is 11. The molecule has 39 heavy (non-hydrogen) atoms. The average molecular weight is 538 g/mol. The summed E-state index contributed by atoms with van der Waals surface area (Å²) in [5.41, 5.74) is 2.30. The van der Waals surface area contributed by atoms with Crippen LogP contribution in [0.3, 0.4) is 0 Å². The van der Waals surface area contributed by atoms with Crippen LogP contribution in [0, 0.1) is 0 Å². The van der Waals surface area contributed by atoms with E-state index in [1.54, 1.807) is 97.3 Å². The van der Waals surface area contributed by atoms with Crippen molar-refractivity contribution in [2.45, 2.75) is 11.8 Å². The monoisotopic (exact) mass is 537 g/mol. The molecule has 0 saturated carbocycles. The van der Waals surface area contributed by atoms with Gasteiger partial charge in [0.15, 0.2) is 5.78 Å². The molecule has 3 aromatic carbocycles. The number of carbonyl (C=O) groups excluding carboxylic acids is 3. The van der Waals surface area contributed by atoms with E-state index in [2.05, 4.69) is 15.6 Å². The number of hydrogen-bond acceptors (Lipinski definition) is 6. The fraction of sp³-hybridized carbons (Fsp3) is 0.0968. The van der Waals surface area contributed by atoms with E-state index in [1.165, 1.54) is 11.8 Å². The number of thioether (sulfide) groups is 1. The van der Waals surface area contributed by atoms with Crippen LogP contribution in [0.5, 0.6) is 5.75 Å². The van der Waals surface area contributed by atoms with E-state index in [9.17, 15) is 14.4 Å². The van der Waals surface area contributed by atoms with Crippen molar-refractivity contribution in [2.75, 3.05) is 17.7 Å². The van der Waals surface area contributed by atoms with Crippen LogP contribution in [0.25, 0.3) is 6.08 Å². The third kappa shape index (κ3) is 8.15. The summed E-state index contributed by atoms with van der Waals surface area (Å²) >= 11 is 1.37. The van der Waals surface area contributed by atoms with Gasteiger partial charge in [0.2, 0.25) is 0 Å². The third-order valence-electron chi connectivity index (χ3n) is 5.47. The summed E-state index contributed by atoms with van der Waals surface area (Å²) in [6.45, 7) is 2.47. The Kier molecular flexibility index (Phi) is 9.63. The fourth-order valence-electron chi connectivity index (χ4n) is 3.57. The SMILES string of the molecule is CCOc1ccc(C(=O)CSc2cccc(NC(=O)/C(=C/c3cccnc3)NC(=O)c3ccccc3)c2)cc1. The minimum atomic E-state index is -0.490. The molecule has 0 atom stereocenters. The van der Waals surface area contributed by atoms with E-state index >= 15 is 0 Å². The lowest BCUT2D eigenvalue weighted by Gasteiger charge is -2.12. The second kappa shape index (κ2) is 13.7. The molecule has 0 radical (unpaired) electrons. The molecule has 0 bridgehead atoms. The van der Waals surface area contributed by atoms with Crippen LogP contribution in [0.15, 0.2) is 114 Å². The van der Waals surface area contributed by atoms with Gasteiger partial charge in [-0.3, -0.25) is 19.4 Å². The summed E-state index contributed by atoms with van der Waals surface area (Å²) in [5, 5.41) is 5.55. The van der Waals surface area contributed by atoms with Crippen LogP contribution in [0.4, 0.5) is 5.69 Å². The molecular formula is C31H27N3O4S. The normalized spacial score (nSPS) is 10.9. The molecule has 4 rings (SSSR count). The molecule has 0 aliphatic heterocycles. The van der Waals surface area contributed by atoms with E-state index in [4.69, 9.17) is 4.74 Å². The van der Waals surface area contributed by atoms with Crippen molar-refractivity contribution in [1.29, 1.82) is 0 Å². The lowest BCUT2D eigenvalue weighted by Crippen LogP contribution is -2.30. The molecule has 1 aromatic heterocycles. The Bertz CT molecular complexity index is 1460. The number of hydrogen-bond donors (Lipinski definition) is 2. The first kappa shape index (κ1) is 27.3. The summed E-state index contributed by atoms with van der Waals surface area (Å²) in [6, 6.07) is 26.5. The van der Waals surface area contributed by atoms with Gasteiger partial charge >= 0.3 is 0 Å². The Morgan fingerprint density at radius 1 is 0.897 bits per heavy atom. The fourth-order valence-corrected chi connectivity index (χ4v) is 4.42. The minimum absolute atomic E-state index is 0.0113. The van der Waals surface area contributed by atoms with E-state index in [0.29, 0.717) is 29.0 Å². The summed E-state index contributed by atoms with van der Waals surface area (Å²) in [4.78, 5) is 43.6. The number of aromatic nitrogens is 1. The zero-order valence-electron chi connectivity index (χ0n) is 21.3. The van der Waals surface area contributed by atoms with Gasteiger partial charge < -0.3 is 15.4 Å². The predicted octanol–water partition coefficient (Wildman–Crippen LogP) is 5.86. The summed E-state index contributed by atoms with van der Waals surface area (Å²) < 4.78 is 5.43. The highest BCUT2D eigenvalue weighted by atomic mass is 32.2.